The number of rotatable bonds is 10. The van der Waals surface area contributed by atoms with Crippen molar-refractivity contribution in [1.29, 1.82) is 0 Å². The van der Waals surface area contributed by atoms with Crippen LogP contribution in [0.5, 0.6) is 5.75 Å². The van der Waals surface area contributed by atoms with Crippen molar-refractivity contribution in [2.45, 2.75) is 69.1 Å². The summed E-state index contributed by atoms with van der Waals surface area (Å²) >= 11 is 0. The lowest BCUT2D eigenvalue weighted by Crippen LogP contribution is -2.41. The maximum atomic E-state index is 13.4. The lowest BCUT2D eigenvalue weighted by atomic mass is 9.88. The van der Waals surface area contributed by atoms with Gasteiger partial charge in [-0.3, -0.25) is 9.59 Å². The average molecular weight is 580 g/mol. The number of carbonyl (C=O) groups excluding carboxylic acids is 2. The summed E-state index contributed by atoms with van der Waals surface area (Å²) in [6.07, 6.45) is 1.20. The second kappa shape index (κ2) is 12.9. The third-order valence-electron chi connectivity index (χ3n) is 6.84. The first-order valence-corrected chi connectivity index (χ1v) is 15.1. The van der Waals surface area contributed by atoms with E-state index in [4.69, 9.17) is 14.2 Å². The first kappa shape index (κ1) is 30.3. The molecule has 1 aliphatic heterocycles. The number of esters is 2. The summed E-state index contributed by atoms with van der Waals surface area (Å²) < 4.78 is 44.4. The highest BCUT2D eigenvalue weighted by atomic mass is 32.2. The van der Waals surface area contributed by atoms with E-state index in [0.717, 1.165) is 11.1 Å². The van der Waals surface area contributed by atoms with Gasteiger partial charge in [0, 0.05) is 12.5 Å². The van der Waals surface area contributed by atoms with Gasteiger partial charge in [0.15, 0.2) is 0 Å². The normalized spacial score (nSPS) is 16.6. The van der Waals surface area contributed by atoms with Gasteiger partial charge in [0.25, 0.3) is 0 Å². The monoisotopic (exact) mass is 579 g/mol. The van der Waals surface area contributed by atoms with E-state index < -0.39 is 27.6 Å². The minimum absolute atomic E-state index is 0.102. The fraction of sp³-hybridized carbons (Fsp3) is 0.375. The Kier molecular flexibility index (Phi) is 9.50. The lowest BCUT2D eigenvalue weighted by molar-refractivity contribution is -0.155. The molecule has 0 N–H and O–H groups in total. The number of methoxy groups -OCH3 is 1. The fourth-order valence-corrected chi connectivity index (χ4v) is 6.70. The number of sulfonamides is 1. The lowest BCUT2D eigenvalue weighted by Gasteiger charge is -2.23. The van der Waals surface area contributed by atoms with Gasteiger partial charge in [-0.25, -0.2) is 8.42 Å². The molecule has 0 radical (unpaired) electrons. The summed E-state index contributed by atoms with van der Waals surface area (Å²) in [7, 11) is -2.63. The molecular weight excluding hydrogens is 542 g/mol. The molecule has 2 atom stereocenters. The Morgan fingerprint density at radius 2 is 1.66 bits per heavy atom. The van der Waals surface area contributed by atoms with Crippen LogP contribution in [0.2, 0.25) is 0 Å². The van der Waals surface area contributed by atoms with E-state index in [1.807, 2.05) is 75.4 Å². The zero-order chi connectivity index (χ0) is 29.6. The second-order valence-electron chi connectivity index (χ2n) is 11.1. The van der Waals surface area contributed by atoms with Crippen molar-refractivity contribution in [2.75, 3.05) is 13.7 Å². The highest BCUT2D eigenvalue weighted by molar-refractivity contribution is 7.89. The first-order chi connectivity index (χ1) is 19.5. The predicted octanol–water partition coefficient (Wildman–Crippen LogP) is 5.46. The van der Waals surface area contributed by atoms with Gasteiger partial charge in [-0.15, -0.1) is 0 Å². The first-order valence-electron chi connectivity index (χ1n) is 13.7. The third kappa shape index (κ3) is 7.74. The van der Waals surface area contributed by atoms with E-state index >= 15 is 0 Å². The average Bonchev–Trinajstić information content (AvgIpc) is 3.45. The maximum absolute atomic E-state index is 13.4. The standard InChI is InChI=1S/C32H37NO7S/c1-32(2,3)40-30(34)21-28(24-12-6-5-7-13-24)25-14-9-15-26(20-25)39-22-23-11-8-16-27(19-23)41(36,37)33-18-10-17-29(33)31(35)38-4/h5-9,11-16,19-20,28-29H,10,17-18,21-22H2,1-4H3/t28-,29-/m0/s1. The van der Waals surface area contributed by atoms with Crippen LogP contribution in [0.1, 0.15) is 62.6 Å². The van der Waals surface area contributed by atoms with Crippen LogP contribution in [0.25, 0.3) is 0 Å². The minimum atomic E-state index is -3.89. The van der Waals surface area contributed by atoms with Crippen LogP contribution < -0.4 is 4.74 Å². The van der Waals surface area contributed by atoms with Crippen LogP contribution in [-0.4, -0.2) is 50.0 Å². The van der Waals surface area contributed by atoms with Gasteiger partial charge in [-0.1, -0.05) is 54.6 Å². The molecule has 0 aromatic heterocycles. The molecule has 0 aliphatic carbocycles. The molecule has 218 valence electrons. The molecule has 0 amide bonds. The SMILES string of the molecule is COC(=O)[C@@H]1CCCN1S(=O)(=O)c1cccc(COc2cccc([C@@H](CC(=O)OC(C)(C)C)c3ccccc3)c2)c1. The smallest absolute Gasteiger partial charge is 0.324 e. The van der Waals surface area contributed by atoms with Crippen molar-refractivity contribution in [2.24, 2.45) is 0 Å². The molecule has 1 saturated heterocycles. The Hall–Kier alpha value is -3.69. The third-order valence-corrected chi connectivity index (χ3v) is 8.74. The van der Waals surface area contributed by atoms with Gasteiger partial charge in [-0.2, -0.15) is 4.31 Å². The Morgan fingerprint density at radius 3 is 2.37 bits per heavy atom. The van der Waals surface area contributed by atoms with E-state index in [-0.39, 0.29) is 36.4 Å². The van der Waals surface area contributed by atoms with Crippen LogP contribution in [0.15, 0.2) is 83.8 Å². The molecule has 0 spiro atoms. The van der Waals surface area contributed by atoms with Crippen molar-refractivity contribution < 1.29 is 32.2 Å². The molecule has 0 saturated carbocycles. The van der Waals surface area contributed by atoms with Gasteiger partial charge in [0.05, 0.1) is 18.4 Å². The molecule has 4 rings (SSSR count). The van der Waals surface area contributed by atoms with Crippen LogP contribution in [0.3, 0.4) is 0 Å². The molecule has 8 nitrogen and oxygen atoms in total. The Bertz CT molecular complexity index is 1460. The molecule has 0 bridgehead atoms. The number of nitrogens with zero attached hydrogens (tertiary/aromatic N) is 1. The van der Waals surface area contributed by atoms with Crippen LogP contribution in [0.4, 0.5) is 0 Å². The largest absolute Gasteiger partial charge is 0.489 e. The van der Waals surface area contributed by atoms with E-state index in [0.29, 0.717) is 24.2 Å². The van der Waals surface area contributed by atoms with E-state index in [1.165, 1.54) is 17.5 Å². The summed E-state index contributed by atoms with van der Waals surface area (Å²) in [6, 6.07) is 23.1. The summed E-state index contributed by atoms with van der Waals surface area (Å²) in [5.74, 6) is -0.480. The predicted molar refractivity (Wildman–Crippen MR) is 155 cm³/mol. The van der Waals surface area contributed by atoms with E-state index in [2.05, 4.69) is 0 Å². The Morgan fingerprint density at radius 1 is 0.951 bits per heavy atom. The summed E-state index contributed by atoms with van der Waals surface area (Å²) in [5.41, 5.74) is 1.97. The second-order valence-corrected chi connectivity index (χ2v) is 12.9. The van der Waals surface area contributed by atoms with Crippen molar-refractivity contribution in [3.63, 3.8) is 0 Å². The number of hydrogen-bond acceptors (Lipinski definition) is 7. The zero-order valence-electron chi connectivity index (χ0n) is 23.9. The molecule has 9 heteroatoms. The minimum Gasteiger partial charge on any atom is -0.489 e. The molecule has 1 heterocycles. The Balaban J connectivity index is 1.51. The van der Waals surface area contributed by atoms with Gasteiger partial charge >= 0.3 is 11.9 Å². The molecule has 0 unspecified atom stereocenters. The summed E-state index contributed by atoms with van der Waals surface area (Å²) in [4.78, 5) is 25.0. The number of ether oxygens (including phenoxy) is 3. The van der Waals surface area contributed by atoms with Gasteiger partial charge in [-0.05, 0) is 74.6 Å². The topological polar surface area (TPSA) is 99.2 Å². The van der Waals surface area contributed by atoms with Crippen LogP contribution >= 0.6 is 0 Å². The Labute approximate surface area is 242 Å². The van der Waals surface area contributed by atoms with Crippen molar-refractivity contribution in [3.8, 4) is 5.75 Å². The fourth-order valence-electron chi connectivity index (χ4n) is 4.98. The molecular formula is C32H37NO7S. The van der Waals surface area contributed by atoms with Crippen molar-refractivity contribution in [3.05, 3.63) is 95.6 Å². The number of benzene rings is 3. The molecule has 3 aromatic carbocycles. The summed E-state index contributed by atoms with van der Waals surface area (Å²) in [5, 5.41) is 0. The number of hydrogen-bond donors (Lipinski definition) is 0. The maximum Gasteiger partial charge on any atom is 0.324 e. The quantitative estimate of drug-likeness (QED) is 0.294. The van der Waals surface area contributed by atoms with Gasteiger partial charge < -0.3 is 14.2 Å². The van der Waals surface area contributed by atoms with Crippen LogP contribution in [0, 0.1) is 0 Å². The van der Waals surface area contributed by atoms with Gasteiger partial charge in [0.1, 0.15) is 24.0 Å². The van der Waals surface area contributed by atoms with Gasteiger partial charge in [0.2, 0.25) is 10.0 Å². The van der Waals surface area contributed by atoms with Crippen LogP contribution in [-0.2, 0) is 35.7 Å². The van der Waals surface area contributed by atoms with Crippen molar-refractivity contribution in [1.82, 2.24) is 4.31 Å². The number of carbonyl (C=O) groups is 2. The highest BCUT2D eigenvalue weighted by Crippen LogP contribution is 2.32. The molecule has 1 aliphatic rings. The van der Waals surface area contributed by atoms with Crippen molar-refractivity contribution >= 4 is 22.0 Å². The van der Waals surface area contributed by atoms with E-state index in [9.17, 15) is 18.0 Å². The van der Waals surface area contributed by atoms with E-state index in [1.54, 1.807) is 18.2 Å². The highest BCUT2D eigenvalue weighted by Gasteiger charge is 2.40. The molecule has 1 fully saturated rings. The molecule has 3 aromatic rings. The zero-order valence-corrected chi connectivity index (χ0v) is 24.7. The summed E-state index contributed by atoms with van der Waals surface area (Å²) in [6.45, 7) is 5.94. The molecule has 41 heavy (non-hydrogen) atoms.